The number of aromatic amines is 1. The highest BCUT2D eigenvalue weighted by Gasteiger charge is 2.31. The predicted octanol–water partition coefficient (Wildman–Crippen LogP) is 0.822. The Morgan fingerprint density at radius 3 is 3.00 bits per heavy atom. The molecule has 6 nitrogen and oxygen atoms in total. The van der Waals surface area contributed by atoms with E-state index >= 15 is 0 Å². The third-order valence-corrected chi connectivity index (χ3v) is 5.41. The Hall–Kier alpha value is -1.89. The van der Waals surface area contributed by atoms with E-state index < -0.39 is 9.84 Å². The van der Waals surface area contributed by atoms with Crippen LogP contribution in [0.2, 0.25) is 0 Å². The molecule has 1 amide bonds. The number of aromatic nitrogens is 2. The van der Waals surface area contributed by atoms with E-state index in [0.717, 1.165) is 10.9 Å². The van der Waals surface area contributed by atoms with Gasteiger partial charge in [-0.05, 0) is 19.1 Å². The predicted molar refractivity (Wildman–Crippen MR) is 75.2 cm³/mol. The second kappa shape index (κ2) is 4.59. The molecule has 1 N–H and O–H groups in total. The Labute approximate surface area is 116 Å². The summed E-state index contributed by atoms with van der Waals surface area (Å²) in [6.45, 7) is 2.02. The van der Waals surface area contributed by atoms with Gasteiger partial charge in [-0.3, -0.25) is 9.89 Å². The molecule has 1 fully saturated rings. The summed E-state index contributed by atoms with van der Waals surface area (Å²) in [6, 6.07) is 5.03. The maximum atomic E-state index is 12.5. The van der Waals surface area contributed by atoms with Gasteiger partial charge in [-0.15, -0.1) is 0 Å². The van der Waals surface area contributed by atoms with Gasteiger partial charge in [0.1, 0.15) is 0 Å². The summed E-state index contributed by atoms with van der Waals surface area (Å²) in [4.78, 5) is 14.1. The number of benzene rings is 1. The maximum Gasteiger partial charge on any atom is 0.254 e. The Kier molecular flexibility index (Phi) is 3.01. The van der Waals surface area contributed by atoms with E-state index in [1.807, 2.05) is 6.07 Å². The van der Waals surface area contributed by atoms with Crippen molar-refractivity contribution in [3.63, 3.8) is 0 Å². The van der Waals surface area contributed by atoms with Gasteiger partial charge in [0.2, 0.25) is 0 Å². The minimum absolute atomic E-state index is 0.0328. The first kappa shape index (κ1) is 13.1. The van der Waals surface area contributed by atoms with Gasteiger partial charge >= 0.3 is 0 Å². The monoisotopic (exact) mass is 293 g/mol. The largest absolute Gasteiger partial charge is 0.334 e. The lowest BCUT2D eigenvalue weighted by Gasteiger charge is -2.33. The van der Waals surface area contributed by atoms with E-state index in [9.17, 15) is 13.2 Å². The number of carbonyl (C=O) groups excluding carboxylic acids is 1. The fraction of sp³-hybridized carbons (Fsp3) is 0.385. The van der Waals surface area contributed by atoms with Crippen molar-refractivity contribution in [1.29, 1.82) is 0 Å². The highest BCUT2D eigenvalue weighted by atomic mass is 32.2. The van der Waals surface area contributed by atoms with Crippen molar-refractivity contribution >= 4 is 26.6 Å². The van der Waals surface area contributed by atoms with Gasteiger partial charge in [-0.25, -0.2) is 8.42 Å². The Balaban J connectivity index is 1.88. The molecule has 1 aromatic carbocycles. The van der Waals surface area contributed by atoms with Crippen LogP contribution in [0.1, 0.15) is 17.3 Å². The number of rotatable bonds is 1. The SMILES string of the molecule is CC1CS(=O)(=O)CCN1C(=O)c1ccc2cn[nH]c2c1. The molecular formula is C13H15N3O3S. The fourth-order valence-corrected chi connectivity index (χ4v) is 4.09. The zero-order valence-corrected chi connectivity index (χ0v) is 11.9. The lowest BCUT2D eigenvalue weighted by atomic mass is 10.1. The molecule has 0 aliphatic carbocycles. The normalized spacial score (nSPS) is 22.1. The van der Waals surface area contributed by atoms with Crippen LogP contribution in [0, 0.1) is 0 Å². The number of nitrogens with zero attached hydrogens (tertiary/aromatic N) is 2. The van der Waals surface area contributed by atoms with Crippen molar-refractivity contribution in [2.75, 3.05) is 18.1 Å². The Morgan fingerprint density at radius 2 is 2.25 bits per heavy atom. The molecule has 1 aromatic heterocycles. The van der Waals surface area contributed by atoms with Gasteiger partial charge in [0, 0.05) is 23.5 Å². The minimum atomic E-state index is -3.02. The van der Waals surface area contributed by atoms with Crippen molar-refractivity contribution in [2.24, 2.45) is 0 Å². The van der Waals surface area contributed by atoms with Crippen molar-refractivity contribution < 1.29 is 13.2 Å². The molecular weight excluding hydrogens is 278 g/mol. The van der Waals surface area contributed by atoms with Gasteiger partial charge in [0.05, 0.1) is 23.2 Å². The summed E-state index contributed by atoms with van der Waals surface area (Å²) in [5.74, 6) is -0.0654. The molecule has 0 radical (unpaired) electrons. The molecule has 7 heteroatoms. The highest BCUT2D eigenvalue weighted by molar-refractivity contribution is 7.91. The molecule has 3 rings (SSSR count). The lowest BCUT2D eigenvalue weighted by molar-refractivity contribution is 0.0713. The van der Waals surface area contributed by atoms with E-state index in [4.69, 9.17) is 0 Å². The van der Waals surface area contributed by atoms with Crippen LogP contribution in [0.5, 0.6) is 0 Å². The van der Waals surface area contributed by atoms with Gasteiger partial charge < -0.3 is 4.90 Å². The lowest BCUT2D eigenvalue weighted by Crippen LogP contribution is -2.49. The van der Waals surface area contributed by atoms with Gasteiger partial charge in [0.25, 0.3) is 5.91 Å². The molecule has 0 bridgehead atoms. The fourth-order valence-electron chi connectivity index (χ4n) is 2.54. The molecule has 2 heterocycles. The van der Waals surface area contributed by atoms with Crippen LogP contribution in [0.25, 0.3) is 10.9 Å². The topological polar surface area (TPSA) is 83.1 Å². The van der Waals surface area contributed by atoms with E-state index in [1.54, 1.807) is 30.2 Å². The molecule has 0 spiro atoms. The molecule has 20 heavy (non-hydrogen) atoms. The number of nitrogens with one attached hydrogen (secondary N) is 1. The zero-order valence-electron chi connectivity index (χ0n) is 11.0. The quantitative estimate of drug-likeness (QED) is 0.844. The summed E-state index contributed by atoms with van der Waals surface area (Å²) in [5, 5.41) is 7.69. The first-order valence-electron chi connectivity index (χ1n) is 6.41. The van der Waals surface area contributed by atoms with Gasteiger partial charge in [0.15, 0.2) is 9.84 Å². The van der Waals surface area contributed by atoms with Gasteiger partial charge in [-0.1, -0.05) is 6.07 Å². The standard InChI is InChI=1S/C13H15N3O3S/c1-9-8-20(18,19)5-4-16(9)13(17)10-2-3-11-7-14-15-12(11)6-10/h2-3,6-7,9H,4-5,8H2,1H3,(H,14,15). The average molecular weight is 293 g/mol. The Bertz CT molecular complexity index is 766. The van der Waals surface area contributed by atoms with Gasteiger partial charge in [-0.2, -0.15) is 5.10 Å². The van der Waals surface area contributed by atoms with Crippen LogP contribution < -0.4 is 0 Å². The van der Waals surface area contributed by atoms with Crippen LogP contribution >= 0.6 is 0 Å². The summed E-state index contributed by atoms with van der Waals surface area (Å²) in [7, 11) is -3.02. The number of hydrogen-bond acceptors (Lipinski definition) is 4. The number of amides is 1. The number of hydrogen-bond donors (Lipinski definition) is 1. The number of carbonyl (C=O) groups is 1. The van der Waals surface area contributed by atoms with E-state index in [0.29, 0.717) is 5.56 Å². The molecule has 106 valence electrons. The summed E-state index contributed by atoms with van der Waals surface area (Å²) in [6.07, 6.45) is 1.69. The molecule has 1 unspecified atom stereocenters. The number of sulfone groups is 1. The molecule has 0 saturated carbocycles. The van der Waals surface area contributed by atoms with Crippen LogP contribution in [0.3, 0.4) is 0 Å². The summed E-state index contributed by atoms with van der Waals surface area (Å²) < 4.78 is 23.1. The zero-order chi connectivity index (χ0) is 14.3. The van der Waals surface area contributed by atoms with E-state index in [1.165, 1.54) is 0 Å². The summed E-state index contributed by atoms with van der Waals surface area (Å²) in [5.41, 5.74) is 1.35. The van der Waals surface area contributed by atoms with Crippen molar-refractivity contribution in [3.05, 3.63) is 30.0 Å². The van der Waals surface area contributed by atoms with Crippen molar-refractivity contribution in [1.82, 2.24) is 15.1 Å². The smallest absolute Gasteiger partial charge is 0.254 e. The molecule has 1 aliphatic rings. The van der Waals surface area contributed by atoms with Crippen LogP contribution in [0.4, 0.5) is 0 Å². The third kappa shape index (κ3) is 2.29. The second-order valence-corrected chi connectivity index (χ2v) is 7.36. The molecule has 1 atom stereocenters. The first-order chi connectivity index (χ1) is 9.46. The molecule has 2 aromatic rings. The number of H-pyrrole nitrogens is 1. The average Bonchev–Trinajstić information content (AvgIpc) is 2.84. The first-order valence-corrected chi connectivity index (χ1v) is 8.23. The highest BCUT2D eigenvalue weighted by Crippen LogP contribution is 2.18. The van der Waals surface area contributed by atoms with Crippen molar-refractivity contribution in [2.45, 2.75) is 13.0 Å². The Morgan fingerprint density at radius 1 is 1.45 bits per heavy atom. The van der Waals surface area contributed by atoms with Crippen molar-refractivity contribution in [3.8, 4) is 0 Å². The van der Waals surface area contributed by atoms with Crippen LogP contribution in [0.15, 0.2) is 24.4 Å². The van der Waals surface area contributed by atoms with E-state index in [-0.39, 0.29) is 30.0 Å². The molecule has 1 aliphatic heterocycles. The van der Waals surface area contributed by atoms with Crippen LogP contribution in [-0.2, 0) is 9.84 Å². The second-order valence-electron chi connectivity index (χ2n) is 5.13. The van der Waals surface area contributed by atoms with E-state index in [2.05, 4.69) is 10.2 Å². The summed E-state index contributed by atoms with van der Waals surface area (Å²) >= 11 is 0. The van der Waals surface area contributed by atoms with Crippen LogP contribution in [-0.4, -0.2) is 53.5 Å². The minimum Gasteiger partial charge on any atom is -0.334 e. The maximum absolute atomic E-state index is 12.5. The third-order valence-electron chi connectivity index (χ3n) is 3.62. The molecule has 1 saturated heterocycles. The number of fused-ring (bicyclic) bond motifs is 1.